The van der Waals surface area contributed by atoms with E-state index in [9.17, 15) is 4.79 Å². The van der Waals surface area contributed by atoms with Gasteiger partial charge in [-0.15, -0.1) is 0 Å². The van der Waals surface area contributed by atoms with Crippen LogP contribution in [0.2, 0.25) is 0 Å². The van der Waals surface area contributed by atoms with Crippen molar-refractivity contribution in [3.8, 4) is 0 Å². The molecular formula is C12H26N2O2. The van der Waals surface area contributed by atoms with Gasteiger partial charge in [0, 0.05) is 13.1 Å². The summed E-state index contributed by atoms with van der Waals surface area (Å²) in [5.74, 6) is 0.426. The average Bonchev–Trinajstić information content (AvgIpc) is 2.27. The second-order valence-electron chi connectivity index (χ2n) is 4.78. The van der Waals surface area contributed by atoms with E-state index in [-0.39, 0.29) is 5.97 Å². The largest absolute Gasteiger partial charge is 0.468 e. The maximum Gasteiger partial charge on any atom is 0.327 e. The molecule has 4 heteroatoms. The van der Waals surface area contributed by atoms with Crippen molar-refractivity contribution in [3.63, 3.8) is 0 Å². The summed E-state index contributed by atoms with van der Waals surface area (Å²) in [6, 6.07) is 0. The Morgan fingerprint density at radius 1 is 1.56 bits per heavy atom. The standard InChI is InChI=1S/C12H26N2O2/c1-7-10(2)8-14(5)9-12(3,13-4)11(15)16-6/h10,13H,7-9H2,1-6H3. The van der Waals surface area contributed by atoms with Gasteiger partial charge in [0.1, 0.15) is 5.54 Å². The van der Waals surface area contributed by atoms with E-state index < -0.39 is 5.54 Å². The molecule has 0 aliphatic rings. The van der Waals surface area contributed by atoms with Crippen molar-refractivity contribution in [1.29, 1.82) is 0 Å². The highest BCUT2D eigenvalue weighted by Crippen LogP contribution is 2.10. The van der Waals surface area contributed by atoms with Gasteiger partial charge in [0.05, 0.1) is 7.11 Å². The molecule has 0 radical (unpaired) electrons. The first-order valence-corrected chi connectivity index (χ1v) is 5.85. The first-order chi connectivity index (χ1) is 7.39. The lowest BCUT2D eigenvalue weighted by atomic mass is 10.0. The van der Waals surface area contributed by atoms with Crippen LogP contribution in [0.1, 0.15) is 27.2 Å². The third-order valence-corrected chi connectivity index (χ3v) is 3.09. The zero-order valence-electron chi connectivity index (χ0n) is 11.5. The Morgan fingerprint density at radius 2 is 2.12 bits per heavy atom. The van der Waals surface area contributed by atoms with Gasteiger partial charge < -0.3 is 15.0 Å². The molecular weight excluding hydrogens is 204 g/mol. The Kier molecular flexibility index (Phi) is 6.60. The van der Waals surface area contributed by atoms with Gasteiger partial charge >= 0.3 is 5.97 Å². The van der Waals surface area contributed by atoms with Crippen molar-refractivity contribution in [3.05, 3.63) is 0 Å². The predicted octanol–water partition coefficient (Wildman–Crippen LogP) is 1.12. The van der Waals surface area contributed by atoms with Gasteiger partial charge in [-0.2, -0.15) is 0 Å². The van der Waals surface area contributed by atoms with Crippen LogP contribution in [0.25, 0.3) is 0 Å². The third-order valence-electron chi connectivity index (χ3n) is 3.09. The summed E-state index contributed by atoms with van der Waals surface area (Å²) in [4.78, 5) is 13.8. The van der Waals surface area contributed by atoms with E-state index in [0.717, 1.165) is 13.0 Å². The second kappa shape index (κ2) is 6.86. The molecule has 4 nitrogen and oxygen atoms in total. The Balaban J connectivity index is 4.36. The number of nitrogens with one attached hydrogen (secondary N) is 1. The lowest BCUT2D eigenvalue weighted by molar-refractivity contribution is -0.148. The maximum atomic E-state index is 11.6. The molecule has 0 aromatic rings. The van der Waals surface area contributed by atoms with Crippen LogP contribution >= 0.6 is 0 Å². The number of nitrogens with zero attached hydrogens (tertiary/aromatic N) is 1. The van der Waals surface area contributed by atoms with Crippen molar-refractivity contribution in [2.24, 2.45) is 5.92 Å². The number of likely N-dealkylation sites (N-methyl/N-ethyl adjacent to an activating group) is 2. The topological polar surface area (TPSA) is 41.6 Å². The van der Waals surface area contributed by atoms with Crippen LogP contribution in [0.4, 0.5) is 0 Å². The molecule has 0 saturated heterocycles. The van der Waals surface area contributed by atoms with Crippen LogP contribution in [0.3, 0.4) is 0 Å². The van der Waals surface area contributed by atoms with Gasteiger partial charge in [-0.1, -0.05) is 20.3 Å². The molecule has 0 aliphatic heterocycles. The SMILES string of the molecule is CCC(C)CN(C)CC(C)(NC)C(=O)OC. The number of carbonyl (C=O) groups excluding carboxylic acids is 1. The molecule has 0 amide bonds. The number of carbonyl (C=O) groups is 1. The summed E-state index contributed by atoms with van der Waals surface area (Å²) in [5.41, 5.74) is -0.628. The van der Waals surface area contributed by atoms with Crippen LogP contribution in [0, 0.1) is 5.92 Å². The number of rotatable bonds is 7. The number of ether oxygens (including phenoxy) is 1. The normalized spacial score (nSPS) is 16.9. The summed E-state index contributed by atoms with van der Waals surface area (Å²) in [7, 11) is 5.24. The van der Waals surface area contributed by atoms with Crippen LogP contribution in [-0.4, -0.2) is 50.7 Å². The Morgan fingerprint density at radius 3 is 2.50 bits per heavy atom. The molecule has 2 atom stereocenters. The minimum atomic E-state index is -0.628. The minimum absolute atomic E-state index is 0.217. The average molecular weight is 230 g/mol. The van der Waals surface area contributed by atoms with Gasteiger partial charge in [0.2, 0.25) is 0 Å². The van der Waals surface area contributed by atoms with Gasteiger partial charge in [-0.25, -0.2) is 0 Å². The Hall–Kier alpha value is -0.610. The summed E-state index contributed by atoms with van der Waals surface area (Å²) < 4.78 is 4.81. The molecule has 0 spiro atoms. The molecule has 1 N–H and O–H groups in total. The number of esters is 1. The molecule has 0 aromatic carbocycles. The molecule has 96 valence electrons. The first-order valence-electron chi connectivity index (χ1n) is 5.85. The molecule has 16 heavy (non-hydrogen) atoms. The van der Waals surface area contributed by atoms with Crippen LogP contribution in [-0.2, 0) is 9.53 Å². The van der Waals surface area contributed by atoms with E-state index in [1.807, 2.05) is 14.0 Å². The lowest BCUT2D eigenvalue weighted by Crippen LogP contribution is -2.55. The Bertz CT molecular complexity index is 221. The van der Waals surface area contributed by atoms with Crippen molar-refractivity contribution in [2.45, 2.75) is 32.7 Å². The molecule has 2 unspecified atom stereocenters. The third kappa shape index (κ3) is 4.49. The molecule has 0 fully saturated rings. The van der Waals surface area contributed by atoms with Gasteiger partial charge in [0.15, 0.2) is 0 Å². The summed E-state index contributed by atoms with van der Waals surface area (Å²) in [5, 5.41) is 3.04. The number of hydrogen-bond donors (Lipinski definition) is 1. The van der Waals surface area contributed by atoms with Crippen LogP contribution < -0.4 is 5.32 Å². The molecule has 0 bridgehead atoms. The Labute approximate surface area is 99.3 Å². The van der Waals surface area contributed by atoms with E-state index in [0.29, 0.717) is 12.5 Å². The van der Waals surface area contributed by atoms with Crippen LogP contribution in [0.5, 0.6) is 0 Å². The molecule has 0 aromatic heterocycles. The minimum Gasteiger partial charge on any atom is -0.468 e. The van der Waals surface area contributed by atoms with Crippen molar-refractivity contribution < 1.29 is 9.53 Å². The smallest absolute Gasteiger partial charge is 0.327 e. The highest BCUT2D eigenvalue weighted by atomic mass is 16.5. The van der Waals surface area contributed by atoms with Gasteiger partial charge in [-0.3, -0.25) is 4.79 Å². The highest BCUT2D eigenvalue weighted by molar-refractivity contribution is 5.80. The lowest BCUT2D eigenvalue weighted by Gasteiger charge is -2.32. The monoisotopic (exact) mass is 230 g/mol. The van der Waals surface area contributed by atoms with Crippen molar-refractivity contribution in [1.82, 2.24) is 10.2 Å². The van der Waals surface area contributed by atoms with Gasteiger partial charge in [-0.05, 0) is 26.9 Å². The first kappa shape index (κ1) is 15.4. The second-order valence-corrected chi connectivity index (χ2v) is 4.78. The van der Waals surface area contributed by atoms with Crippen LogP contribution in [0.15, 0.2) is 0 Å². The summed E-state index contributed by atoms with van der Waals surface area (Å²) >= 11 is 0. The molecule has 0 heterocycles. The predicted molar refractivity (Wildman–Crippen MR) is 66.4 cm³/mol. The molecule has 0 aliphatic carbocycles. The highest BCUT2D eigenvalue weighted by Gasteiger charge is 2.33. The van der Waals surface area contributed by atoms with E-state index in [1.54, 1.807) is 7.05 Å². The zero-order valence-corrected chi connectivity index (χ0v) is 11.5. The van der Waals surface area contributed by atoms with Crippen molar-refractivity contribution in [2.75, 3.05) is 34.3 Å². The quantitative estimate of drug-likeness (QED) is 0.665. The van der Waals surface area contributed by atoms with E-state index >= 15 is 0 Å². The fourth-order valence-corrected chi connectivity index (χ4v) is 1.74. The fraction of sp³-hybridized carbons (Fsp3) is 0.917. The number of hydrogen-bond acceptors (Lipinski definition) is 4. The fourth-order valence-electron chi connectivity index (χ4n) is 1.74. The van der Waals surface area contributed by atoms with Gasteiger partial charge in [0.25, 0.3) is 0 Å². The maximum absolute atomic E-state index is 11.6. The molecule has 0 rings (SSSR count). The van der Waals surface area contributed by atoms with E-state index in [1.165, 1.54) is 7.11 Å². The number of methoxy groups -OCH3 is 1. The van der Waals surface area contributed by atoms with Crippen molar-refractivity contribution >= 4 is 5.97 Å². The van der Waals surface area contributed by atoms with E-state index in [4.69, 9.17) is 4.74 Å². The summed E-state index contributed by atoms with van der Waals surface area (Å²) in [6.45, 7) is 7.90. The molecule has 0 saturated carbocycles. The zero-order chi connectivity index (χ0) is 12.8. The van der Waals surface area contributed by atoms with E-state index in [2.05, 4.69) is 24.1 Å². The summed E-state index contributed by atoms with van der Waals surface area (Å²) in [6.07, 6.45) is 1.15.